The molecule has 1 aliphatic rings. The number of aromatic amines is 1. The zero-order valence-corrected chi connectivity index (χ0v) is 15.2. The molecule has 0 saturated heterocycles. The fourth-order valence-corrected chi connectivity index (χ4v) is 3.88. The number of H-pyrrole nitrogens is 1. The fourth-order valence-electron chi connectivity index (χ4n) is 2.83. The molecule has 0 spiro atoms. The average molecular weight is 380 g/mol. The van der Waals surface area contributed by atoms with Crippen molar-refractivity contribution in [1.82, 2.24) is 10.2 Å². The molecule has 4 rings (SSSR count). The van der Waals surface area contributed by atoms with Gasteiger partial charge in [-0.15, -0.1) is 0 Å². The van der Waals surface area contributed by atoms with Crippen molar-refractivity contribution in [3.05, 3.63) is 71.5 Å². The van der Waals surface area contributed by atoms with Crippen LogP contribution in [0.4, 0.5) is 11.4 Å². The summed E-state index contributed by atoms with van der Waals surface area (Å²) in [6, 6.07) is 13.3. The van der Waals surface area contributed by atoms with E-state index in [1.165, 1.54) is 0 Å². The maximum atomic E-state index is 12.6. The number of benzene rings is 2. The lowest BCUT2D eigenvalue weighted by atomic mass is 10.1. The minimum absolute atomic E-state index is 0.177. The van der Waals surface area contributed by atoms with Gasteiger partial charge in [0.05, 0.1) is 16.2 Å². The van der Waals surface area contributed by atoms with Gasteiger partial charge in [-0.3, -0.25) is 14.6 Å². The molecule has 2 aromatic carbocycles. The summed E-state index contributed by atoms with van der Waals surface area (Å²) >= 11 is 0. The Morgan fingerprint density at radius 3 is 2.56 bits per heavy atom. The first kappa shape index (κ1) is 17.0. The SMILES string of the molecule is Cc1ccc(S(=O)(=O)Nc2ccc3c(c2)/C(=C/c2ccn[nH]2)C(=O)N3)cc1. The summed E-state index contributed by atoms with van der Waals surface area (Å²) < 4.78 is 27.8. The van der Waals surface area contributed by atoms with Gasteiger partial charge in [0, 0.05) is 23.1 Å². The number of carbonyl (C=O) groups is 1. The Morgan fingerprint density at radius 2 is 1.85 bits per heavy atom. The van der Waals surface area contributed by atoms with E-state index in [0.717, 1.165) is 5.56 Å². The third-order valence-electron chi connectivity index (χ3n) is 4.21. The molecule has 1 amide bonds. The maximum absolute atomic E-state index is 12.6. The number of fused-ring (bicyclic) bond motifs is 1. The predicted molar refractivity (Wildman–Crippen MR) is 104 cm³/mol. The van der Waals surface area contributed by atoms with Crippen molar-refractivity contribution in [2.24, 2.45) is 0 Å². The van der Waals surface area contributed by atoms with E-state index in [1.807, 2.05) is 6.92 Å². The van der Waals surface area contributed by atoms with Gasteiger partial charge >= 0.3 is 0 Å². The van der Waals surface area contributed by atoms with E-state index in [4.69, 9.17) is 0 Å². The Hall–Kier alpha value is -3.39. The molecule has 1 aromatic heterocycles. The van der Waals surface area contributed by atoms with Crippen LogP contribution in [0.5, 0.6) is 0 Å². The molecule has 27 heavy (non-hydrogen) atoms. The number of aromatic nitrogens is 2. The quantitative estimate of drug-likeness (QED) is 0.605. The number of sulfonamides is 1. The van der Waals surface area contributed by atoms with Gasteiger partial charge in [-0.2, -0.15) is 5.10 Å². The predicted octanol–water partition coefficient (Wildman–Crippen LogP) is 3.01. The highest BCUT2D eigenvalue weighted by Crippen LogP contribution is 2.35. The standard InChI is InChI=1S/C19H16N4O3S/c1-12-2-5-15(6-3-12)27(25,26)23-14-4-7-18-16(11-14)17(19(24)21-18)10-13-8-9-20-22-13/h2-11,23H,1H3,(H,20,22)(H,21,24)/b17-10-. The molecule has 1 aliphatic heterocycles. The number of carbonyl (C=O) groups excluding carboxylic acids is 1. The Labute approximate surface area is 156 Å². The van der Waals surface area contributed by atoms with Crippen LogP contribution < -0.4 is 10.0 Å². The first-order valence-electron chi connectivity index (χ1n) is 8.19. The second-order valence-corrected chi connectivity index (χ2v) is 7.89. The van der Waals surface area contributed by atoms with Gasteiger partial charge in [0.15, 0.2) is 0 Å². The molecule has 3 aromatic rings. The second-order valence-electron chi connectivity index (χ2n) is 6.20. The van der Waals surface area contributed by atoms with Crippen LogP contribution in [0, 0.1) is 6.92 Å². The molecule has 0 fully saturated rings. The van der Waals surface area contributed by atoms with Crippen LogP contribution >= 0.6 is 0 Å². The Morgan fingerprint density at radius 1 is 1.07 bits per heavy atom. The fraction of sp³-hybridized carbons (Fsp3) is 0.0526. The Kier molecular flexibility index (Phi) is 4.04. The summed E-state index contributed by atoms with van der Waals surface area (Å²) in [5.74, 6) is -0.252. The summed E-state index contributed by atoms with van der Waals surface area (Å²) in [6.07, 6.45) is 3.26. The van der Waals surface area contributed by atoms with E-state index in [2.05, 4.69) is 20.2 Å². The van der Waals surface area contributed by atoms with Crippen LogP contribution in [0.1, 0.15) is 16.8 Å². The van der Waals surface area contributed by atoms with Crippen molar-refractivity contribution in [2.75, 3.05) is 10.0 Å². The normalized spacial score (nSPS) is 14.9. The molecule has 8 heteroatoms. The zero-order valence-electron chi connectivity index (χ0n) is 14.4. The molecule has 7 nitrogen and oxygen atoms in total. The molecule has 0 bridgehead atoms. The van der Waals surface area contributed by atoms with Crippen LogP contribution in [0.25, 0.3) is 11.6 Å². The topological polar surface area (TPSA) is 104 Å². The van der Waals surface area contributed by atoms with E-state index < -0.39 is 10.0 Å². The molecular formula is C19H16N4O3S. The molecule has 0 saturated carbocycles. The highest BCUT2D eigenvalue weighted by atomic mass is 32.2. The van der Waals surface area contributed by atoms with E-state index in [9.17, 15) is 13.2 Å². The molecule has 2 heterocycles. The summed E-state index contributed by atoms with van der Waals surface area (Å²) in [4.78, 5) is 12.4. The summed E-state index contributed by atoms with van der Waals surface area (Å²) in [6.45, 7) is 1.89. The van der Waals surface area contributed by atoms with Crippen molar-refractivity contribution < 1.29 is 13.2 Å². The molecular weight excluding hydrogens is 364 g/mol. The number of aryl methyl sites for hydroxylation is 1. The van der Waals surface area contributed by atoms with Crippen molar-refractivity contribution in [3.8, 4) is 0 Å². The van der Waals surface area contributed by atoms with Gasteiger partial charge in [-0.1, -0.05) is 17.7 Å². The summed E-state index contributed by atoms with van der Waals surface area (Å²) in [5.41, 5.74) is 3.72. The van der Waals surface area contributed by atoms with E-state index >= 15 is 0 Å². The van der Waals surface area contributed by atoms with Gasteiger partial charge in [0.1, 0.15) is 0 Å². The monoisotopic (exact) mass is 380 g/mol. The lowest BCUT2D eigenvalue weighted by Crippen LogP contribution is -2.13. The van der Waals surface area contributed by atoms with E-state index in [-0.39, 0.29) is 10.8 Å². The van der Waals surface area contributed by atoms with Crippen LogP contribution in [-0.4, -0.2) is 24.5 Å². The summed E-state index contributed by atoms with van der Waals surface area (Å²) in [7, 11) is -3.72. The second kappa shape index (κ2) is 6.40. The third-order valence-corrected chi connectivity index (χ3v) is 5.61. The molecule has 0 atom stereocenters. The number of nitrogens with zero attached hydrogens (tertiary/aromatic N) is 1. The first-order chi connectivity index (χ1) is 12.9. The zero-order chi connectivity index (χ0) is 19.0. The largest absolute Gasteiger partial charge is 0.321 e. The van der Waals surface area contributed by atoms with E-state index in [0.29, 0.717) is 28.2 Å². The van der Waals surface area contributed by atoms with Gasteiger partial charge in [-0.25, -0.2) is 8.42 Å². The first-order valence-corrected chi connectivity index (χ1v) is 9.67. The van der Waals surface area contributed by atoms with Crippen LogP contribution in [0.2, 0.25) is 0 Å². The molecule has 3 N–H and O–H groups in total. The maximum Gasteiger partial charge on any atom is 0.261 e. The van der Waals surface area contributed by atoms with Gasteiger partial charge in [-0.05, 0) is 49.4 Å². The van der Waals surface area contributed by atoms with Crippen LogP contribution in [-0.2, 0) is 14.8 Å². The number of hydrogen-bond donors (Lipinski definition) is 3. The number of amides is 1. The van der Waals surface area contributed by atoms with Crippen LogP contribution in [0.3, 0.4) is 0 Å². The smallest absolute Gasteiger partial charge is 0.261 e. The average Bonchev–Trinajstić information content (AvgIpc) is 3.24. The summed E-state index contributed by atoms with van der Waals surface area (Å²) in [5, 5.41) is 9.40. The molecule has 0 aliphatic carbocycles. The highest BCUT2D eigenvalue weighted by Gasteiger charge is 2.25. The lowest BCUT2D eigenvalue weighted by Gasteiger charge is -2.10. The van der Waals surface area contributed by atoms with Gasteiger partial charge < -0.3 is 5.32 Å². The van der Waals surface area contributed by atoms with Crippen molar-refractivity contribution in [1.29, 1.82) is 0 Å². The minimum atomic E-state index is -3.72. The number of anilines is 2. The highest BCUT2D eigenvalue weighted by molar-refractivity contribution is 7.92. The van der Waals surface area contributed by atoms with Crippen molar-refractivity contribution >= 4 is 39.0 Å². The number of nitrogens with one attached hydrogen (secondary N) is 3. The van der Waals surface area contributed by atoms with Crippen LogP contribution in [0.15, 0.2) is 59.6 Å². The third kappa shape index (κ3) is 3.34. The Bertz CT molecular complexity index is 1150. The molecule has 0 radical (unpaired) electrons. The Balaban J connectivity index is 1.68. The van der Waals surface area contributed by atoms with Gasteiger partial charge in [0.2, 0.25) is 0 Å². The van der Waals surface area contributed by atoms with Crippen molar-refractivity contribution in [2.45, 2.75) is 11.8 Å². The molecule has 136 valence electrons. The minimum Gasteiger partial charge on any atom is -0.321 e. The number of hydrogen-bond acceptors (Lipinski definition) is 4. The van der Waals surface area contributed by atoms with E-state index in [1.54, 1.807) is 60.8 Å². The number of rotatable bonds is 4. The lowest BCUT2D eigenvalue weighted by molar-refractivity contribution is -0.110. The van der Waals surface area contributed by atoms with Crippen molar-refractivity contribution in [3.63, 3.8) is 0 Å². The molecule has 0 unspecified atom stereocenters. The van der Waals surface area contributed by atoms with Gasteiger partial charge in [0.25, 0.3) is 15.9 Å².